The van der Waals surface area contributed by atoms with Gasteiger partial charge < -0.3 is 35.3 Å². The number of amides is 3. The van der Waals surface area contributed by atoms with Crippen LogP contribution in [0.4, 0.5) is 34.7 Å². The monoisotopic (exact) mass is 791 g/mol. The van der Waals surface area contributed by atoms with Crippen LogP contribution in [0.1, 0.15) is 49.3 Å². The molecule has 3 amide bonds. The van der Waals surface area contributed by atoms with Gasteiger partial charge in [0, 0.05) is 38.0 Å². The summed E-state index contributed by atoms with van der Waals surface area (Å²) in [5.74, 6) is -2.42. The highest BCUT2D eigenvalue weighted by atomic mass is 32.1. The third-order valence-corrected chi connectivity index (χ3v) is 10.8. The number of aromatic nitrogens is 4. The molecule has 3 aromatic heterocycles. The van der Waals surface area contributed by atoms with Crippen molar-refractivity contribution in [3.05, 3.63) is 95.6 Å². The molecule has 14 nitrogen and oxygen atoms in total. The number of hydrogen-bond donors (Lipinski definition) is 5. The fourth-order valence-corrected chi connectivity index (χ4v) is 7.82. The first kappa shape index (κ1) is 38.5. The smallest absolute Gasteiger partial charge is 0.451 e. The number of imidazole rings is 1. The Balaban J connectivity index is 1.24. The van der Waals surface area contributed by atoms with Gasteiger partial charge in [0.25, 0.3) is 0 Å². The van der Waals surface area contributed by atoms with Crippen molar-refractivity contribution in [2.75, 3.05) is 35.2 Å². The summed E-state index contributed by atoms with van der Waals surface area (Å²) in [4.78, 5) is 53.5. The average Bonchev–Trinajstić information content (AvgIpc) is 4.01. The number of carbonyl (C=O) groups excluding carboxylic acids is 3. The molecule has 1 saturated heterocycles. The summed E-state index contributed by atoms with van der Waals surface area (Å²) < 4.78 is 46.8. The van der Waals surface area contributed by atoms with E-state index in [1.807, 2.05) is 77.0 Å². The molecule has 18 heteroatoms. The molecule has 2 aromatic carbocycles. The molecule has 294 valence electrons. The number of hydrogen-bond acceptors (Lipinski definition) is 11. The number of benzene rings is 2. The molecular weight excluding hydrogens is 752 g/mol. The number of ether oxygens (including phenoxy) is 1. The zero-order chi connectivity index (χ0) is 39.4. The summed E-state index contributed by atoms with van der Waals surface area (Å²) >= 11 is 1.40. The van der Waals surface area contributed by atoms with E-state index in [0.29, 0.717) is 36.9 Å². The number of alkyl halides is 3. The van der Waals surface area contributed by atoms with E-state index in [9.17, 15) is 32.7 Å². The van der Waals surface area contributed by atoms with Crippen molar-refractivity contribution in [2.45, 2.75) is 68.6 Å². The molecule has 2 fully saturated rings. The lowest BCUT2D eigenvalue weighted by atomic mass is 9.91. The van der Waals surface area contributed by atoms with Crippen molar-refractivity contribution in [1.82, 2.24) is 30.2 Å². The molecule has 1 aliphatic heterocycles. The molecule has 5 atom stereocenters. The van der Waals surface area contributed by atoms with E-state index in [1.165, 1.54) is 22.2 Å². The first-order valence-corrected chi connectivity index (χ1v) is 19.1. The summed E-state index contributed by atoms with van der Waals surface area (Å²) in [7, 11) is 0. The van der Waals surface area contributed by atoms with Gasteiger partial charge >= 0.3 is 18.2 Å². The third kappa shape index (κ3) is 8.55. The molecule has 56 heavy (non-hydrogen) atoms. The van der Waals surface area contributed by atoms with Gasteiger partial charge in [0.2, 0.25) is 11.9 Å². The summed E-state index contributed by atoms with van der Waals surface area (Å²) in [5, 5.41) is 25.7. The highest BCUT2D eigenvalue weighted by Gasteiger charge is 2.51. The molecule has 1 saturated carbocycles. The number of anilines is 3. The Labute approximate surface area is 323 Å². The van der Waals surface area contributed by atoms with Gasteiger partial charge in [-0.05, 0) is 41.5 Å². The van der Waals surface area contributed by atoms with E-state index >= 15 is 0 Å². The number of nitrogens with zero attached hydrogens (tertiary/aromatic N) is 5. The van der Waals surface area contributed by atoms with Crippen molar-refractivity contribution in [2.24, 2.45) is 0 Å². The van der Waals surface area contributed by atoms with Crippen LogP contribution in [0.5, 0.6) is 0 Å². The number of fused-ring (bicyclic) bond motifs is 1. The summed E-state index contributed by atoms with van der Waals surface area (Å²) in [6.45, 7) is 2.80. The van der Waals surface area contributed by atoms with Crippen LogP contribution in [-0.2, 0) is 14.3 Å². The highest BCUT2D eigenvalue weighted by molar-refractivity contribution is 7.14. The molecule has 2 aliphatic rings. The molecule has 1 aliphatic carbocycles. The number of nitrogens with one attached hydrogen (secondary N) is 4. The summed E-state index contributed by atoms with van der Waals surface area (Å²) in [6.07, 6.45) is -6.78. The zero-order valence-corrected chi connectivity index (χ0v) is 31.0. The fourth-order valence-electron chi connectivity index (χ4n) is 7.21. The van der Waals surface area contributed by atoms with Gasteiger partial charge in [0.1, 0.15) is 6.10 Å². The molecule has 0 radical (unpaired) electrons. The minimum absolute atomic E-state index is 0.0643. The second-order valence-corrected chi connectivity index (χ2v) is 14.6. The molecule has 5 N–H and O–H groups in total. The second kappa shape index (κ2) is 16.5. The summed E-state index contributed by atoms with van der Waals surface area (Å²) in [5.41, 5.74) is 2.58. The van der Waals surface area contributed by atoms with Crippen LogP contribution in [0.15, 0.2) is 84.5 Å². The van der Waals surface area contributed by atoms with Gasteiger partial charge in [0.15, 0.2) is 23.1 Å². The van der Waals surface area contributed by atoms with Crippen LogP contribution in [0.3, 0.4) is 0 Å². The van der Waals surface area contributed by atoms with Gasteiger partial charge in [-0.3, -0.25) is 10.1 Å². The van der Waals surface area contributed by atoms with Crippen molar-refractivity contribution in [3.8, 4) is 0 Å². The van der Waals surface area contributed by atoms with Crippen molar-refractivity contribution in [1.29, 1.82) is 0 Å². The van der Waals surface area contributed by atoms with E-state index in [-0.39, 0.29) is 47.9 Å². The van der Waals surface area contributed by atoms with Gasteiger partial charge in [-0.25, -0.2) is 14.6 Å². The predicted molar refractivity (Wildman–Crippen MR) is 203 cm³/mol. The Morgan fingerprint density at radius 2 is 1.71 bits per heavy atom. The molecule has 0 bridgehead atoms. The lowest BCUT2D eigenvalue weighted by Crippen LogP contribution is -2.45. The predicted octanol–water partition coefficient (Wildman–Crippen LogP) is 5.21. The number of carbonyl (C=O) groups is 3. The number of thiophene rings is 1. The van der Waals surface area contributed by atoms with Crippen LogP contribution in [0.2, 0.25) is 0 Å². The van der Waals surface area contributed by atoms with E-state index in [0.717, 1.165) is 11.1 Å². The molecule has 4 heterocycles. The minimum atomic E-state index is -5.33. The molecular formula is C38H40F3N9O5S. The number of esters is 1. The van der Waals surface area contributed by atoms with E-state index in [4.69, 9.17) is 14.7 Å². The minimum Gasteiger partial charge on any atom is -0.451 e. The van der Waals surface area contributed by atoms with E-state index in [1.54, 1.807) is 13.0 Å². The second-order valence-electron chi connectivity index (χ2n) is 13.6. The van der Waals surface area contributed by atoms with E-state index in [2.05, 4.69) is 26.3 Å². The molecule has 7 rings (SSSR count). The Morgan fingerprint density at radius 1 is 1.00 bits per heavy atom. The maximum absolute atomic E-state index is 13.5. The van der Waals surface area contributed by atoms with Crippen molar-refractivity contribution in [3.63, 3.8) is 0 Å². The number of aliphatic hydroxyl groups is 1. The fraction of sp³-hybridized carbons (Fsp3) is 0.368. The van der Waals surface area contributed by atoms with Crippen molar-refractivity contribution < 1.29 is 37.4 Å². The maximum Gasteiger partial charge on any atom is 0.490 e. The Kier molecular flexibility index (Phi) is 11.4. The average molecular weight is 792 g/mol. The first-order valence-electron chi connectivity index (χ1n) is 18.2. The SMILES string of the molecule is CCC(=O)N[C@H]1C[C@@H](n2cnc3c(NCC(c4ccccc4)c4ccccc4)nc(N4CC[C@@H](NC(=O)Nc5cccs5)C4)nc32)[C@H](OC(=O)C(F)(F)F)[C@@H]1O. The number of urea groups is 1. The first-order chi connectivity index (χ1) is 27.0. The number of aliphatic hydroxyl groups excluding tert-OH is 1. The van der Waals surface area contributed by atoms with Crippen LogP contribution in [0, 0.1) is 0 Å². The standard InChI is InChI=1S/C38H40F3N9O5S/c1-2-28(51)45-26-18-27(32(31(26)52)55-35(53)38(39,40)41)50-21-43-30-33(42-19-25(22-10-5-3-6-11-22)23-12-7-4-8-13-23)47-36(48-34(30)50)49-16-15-24(20-49)44-37(54)46-29-14-9-17-56-29/h3-14,17,21,24-27,31-32,52H,2,15-16,18-20H2,1H3,(H,45,51)(H,42,47,48)(H2,44,46,54)/t24-,26+,27-,31-,32+/m1/s1. The zero-order valence-electron chi connectivity index (χ0n) is 30.1. The quantitative estimate of drug-likeness (QED) is 0.106. The third-order valence-electron chi connectivity index (χ3n) is 9.97. The van der Waals surface area contributed by atoms with Crippen molar-refractivity contribution >= 4 is 57.2 Å². The lowest BCUT2D eigenvalue weighted by molar-refractivity contribution is -0.209. The number of halogens is 3. The van der Waals surface area contributed by atoms with Crippen LogP contribution in [-0.4, -0.2) is 92.6 Å². The Hall–Kier alpha value is -5.75. The molecule has 5 aromatic rings. The maximum atomic E-state index is 13.5. The topological polar surface area (TPSA) is 176 Å². The molecule has 0 spiro atoms. The summed E-state index contributed by atoms with van der Waals surface area (Å²) in [6, 6.07) is 20.7. The normalized spacial score (nSPS) is 21.0. The van der Waals surface area contributed by atoms with Gasteiger partial charge in [-0.15, -0.1) is 11.3 Å². The van der Waals surface area contributed by atoms with E-state index < -0.39 is 42.3 Å². The Bertz CT molecular complexity index is 2100. The molecule has 0 unspecified atom stereocenters. The van der Waals surface area contributed by atoms with Crippen LogP contribution >= 0.6 is 11.3 Å². The van der Waals surface area contributed by atoms with Gasteiger partial charge in [-0.2, -0.15) is 23.1 Å². The highest BCUT2D eigenvalue weighted by Crippen LogP contribution is 2.38. The largest absolute Gasteiger partial charge is 0.490 e. The Morgan fingerprint density at radius 3 is 2.36 bits per heavy atom. The lowest BCUT2D eigenvalue weighted by Gasteiger charge is -2.25. The van der Waals surface area contributed by atoms with Gasteiger partial charge in [-0.1, -0.05) is 67.6 Å². The van der Waals surface area contributed by atoms with Crippen LogP contribution in [0.25, 0.3) is 11.2 Å². The van der Waals surface area contributed by atoms with Gasteiger partial charge in [0.05, 0.1) is 23.4 Å². The number of rotatable bonds is 12. The van der Waals surface area contributed by atoms with Crippen LogP contribution < -0.4 is 26.2 Å².